The molecule has 2 aliphatic heterocycles. The summed E-state index contributed by atoms with van der Waals surface area (Å²) >= 11 is 4.98. The maximum absolute atomic E-state index is 12.8. The van der Waals surface area contributed by atoms with Crippen LogP contribution in [0.3, 0.4) is 0 Å². The zero-order valence-electron chi connectivity index (χ0n) is 12.5. The number of carbonyl (C=O) groups is 4. The fraction of sp³-hybridized carbons (Fsp3) is 0.133. The minimum absolute atomic E-state index is 0.0133. The Morgan fingerprint density at radius 2 is 1.92 bits per heavy atom. The highest BCUT2D eigenvalue weighted by Crippen LogP contribution is 2.39. The van der Waals surface area contributed by atoms with Crippen LogP contribution in [-0.2, 0) is 19.2 Å². The molecule has 2 aliphatic rings. The van der Waals surface area contributed by atoms with Crippen LogP contribution in [0.15, 0.2) is 30.0 Å². The minimum atomic E-state index is -0.695. The van der Waals surface area contributed by atoms with Crippen LogP contribution >= 0.6 is 12.2 Å². The number of para-hydroxylation sites is 1. The smallest absolute Gasteiger partial charge is 0.275 e. The van der Waals surface area contributed by atoms with Gasteiger partial charge in [0.2, 0.25) is 11.8 Å². The number of nitrogens with two attached hydrogens (primary N) is 1. The van der Waals surface area contributed by atoms with E-state index >= 15 is 0 Å². The fourth-order valence-electron chi connectivity index (χ4n) is 2.76. The monoisotopic (exact) mass is 344 g/mol. The lowest BCUT2D eigenvalue weighted by Crippen LogP contribution is -2.37. The van der Waals surface area contributed by atoms with Gasteiger partial charge in [-0.05, 0) is 18.3 Å². The van der Waals surface area contributed by atoms with Gasteiger partial charge in [-0.1, -0.05) is 18.2 Å². The second-order valence-electron chi connectivity index (χ2n) is 5.21. The van der Waals surface area contributed by atoms with Crippen molar-refractivity contribution in [3.63, 3.8) is 0 Å². The Hall–Kier alpha value is -3.07. The van der Waals surface area contributed by atoms with Crippen LogP contribution < -0.4 is 16.0 Å². The van der Waals surface area contributed by atoms with Gasteiger partial charge in [0.15, 0.2) is 5.11 Å². The van der Waals surface area contributed by atoms with Crippen LogP contribution in [0.4, 0.5) is 5.69 Å². The zero-order chi connectivity index (χ0) is 17.6. The summed E-state index contributed by atoms with van der Waals surface area (Å²) in [6, 6.07) is 6.63. The highest BCUT2D eigenvalue weighted by Gasteiger charge is 2.43. The van der Waals surface area contributed by atoms with E-state index in [1.807, 2.05) is 0 Å². The van der Waals surface area contributed by atoms with Crippen LogP contribution in [0.5, 0.6) is 0 Å². The van der Waals surface area contributed by atoms with Crippen molar-refractivity contribution >= 4 is 52.2 Å². The molecular weight excluding hydrogens is 332 g/mol. The molecule has 0 saturated carbocycles. The molecule has 0 spiro atoms. The molecule has 1 fully saturated rings. The van der Waals surface area contributed by atoms with Gasteiger partial charge in [0, 0.05) is 12.5 Å². The Kier molecular flexibility index (Phi) is 3.64. The van der Waals surface area contributed by atoms with Crippen molar-refractivity contribution in [2.45, 2.75) is 6.92 Å². The van der Waals surface area contributed by atoms with Gasteiger partial charge in [-0.15, -0.1) is 0 Å². The molecule has 1 saturated heterocycles. The van der Waals surface area contributed by atoms with E-state index in [4.69, 9.17) is 18.0 Å². The van der Waals surface area contributed by atoms with Crippen LogP contribution in [0.1, 0.15) is 12.5 Å². The molecule has 2 heterocycles. The number of hydrogen-bond donors (Lipinski definition) is 2. The van der Waals surface area contributed by atoms with Gasteiger partial charge in [0.1, 0.15) is 12.2 Å². The summed E-state index contributed by atoms with van der Waals surface area (Å²) in [5, 5.41) is 2.27. The molecule has 0 aliphatic carbocycles. The normalized spacial score (nSPS) is 19.6. The van der Waals surface area contributed by atoms with Gasteiger partial charge < -0.3 is 5.73 Å². The molecule has 24 heavy (non-hydrogen) atoms. The lowest BCUT2D eigenvalue weighted by atomic mass is 10.0. The number of fused-ring (bicyclic) bond motifs is 1. The van der Waals surface area contributed by atoms with Crippen LogP contribution in [-0.4, -0.2) is 40.2 Å². The predicted molar refractivity (Wildman–Crippen MR) is 88.2 cm³/mol. The summed E-state index contributed by atoms with van der Waals surface area (Å²) in [5.74, 6) is -2.43. The van der Waals surface area contributed by atoms with Crippen LogP contribution in [0.25, 0.3) is 5.57 Å². The third-order valence-corrected chi connectivity index (χ3v) is 3.94. The zero-order valence-corrected chi connectivity index (χ0v) is 13.3. The standard InChI is InChI=1S/C15H12N4O4S/c1-7(20)19-12(13(22)17-15(19)24)11-8-4-2-3-5-9(8)18(14(11)23)6-10(16)21/h2-5H,6H2,1H3,(H2,16,21)(H,17,22,24)/b12-11-. The van der Waals surface area contributed by atoms with Gasteiger partial charge in [-0.3, -0.25) is 34.3 Å². The number of amides is 4. The molecule has 3 rings (SSSR count). The summed E-state index contributed by atoms with van der Waals surface area (Å²) < 4.78 is 0. The lowest BCUT2D eigenvalue weighted by Gasteiger charge is -2.16. The summed E-state index contributed by atoms with van der Waals surface area (Å²) in [5.41, 5.74) is 5.95. The van der Waals surface area contributed by atoms with Crippen LogP contribution in [0, 0.1) is 0 Å². The minimum Gasteiger partial charge on any atom is -0.368 e. The van der Waals surface area contributed by atoms with E-state index in [2.05, 4.69) is 5.32 Å². The molecule has 3 N–H and O–H groups in total. The molecular formula is C15H12N4O4S. The fourth-order valence-corrected chi connectivity index (χ4v) is 3.08. The number of hydrogen-bond acceptors (Lipinski definition) is 5. The lowest BCUT2D eigenvalue weighted by molar-refractivity contribution is -0.125. The maximum Gasteiger partial charge on any atom is 0.275 e. The van der Waals surface area contributed by atoms with Crippen molar-refractivity contribution in [3.8, 4) is 0 Å². The third-order valence-electron chi connectivity index (χ3n) is 3.65. The summed E-state index contributed by atoms with van der Waals surface area (Å²) in [7, 11) is 0. The number of nitrogens with one attached hydrogen (secondary N) is 1. The van der Waals surface area contributed by atoms with E-state index in [1.54, 1.807) is 24.3 Å². The summed E-state index contributed by atoms with van der Waals surface area (Å²) in [6.45, 7) is 0.901. The molecule has 0 radical (unpaired) electrons. The average molecular weight is 344 g/mol. The van der Waals surface area contributed by atoms with Crippen LogP contribution in [0.2, 0.25) is 0 Å². The SMILES string of the molecule is CC(=O)N1C(=S)NC(=O)/C1=C1/C(=O)N(CC(N)=O)c2ccccc21. The first-order valence-electron chi connectivity index (χ1n) is 6.92. The number of benzene rings is 1. The Morgan fingerprint density at radius 1 is 1.25 bits per heavy atom. The maximum atomic E-state index is 12.8. The van der Waals surface area contributed by atoms with E-state index < -0.39 is 23.6 Å². The Balaban J connectivity index is 2.26. The van der Waals surface area contributed by atoms with E-state index in [-0.39, 0.29) is 22.9 Å². The van der Waals surface area contributed by atoms with E-state index in [0.717, 1.165) is 4.90 Å². The van der Waals surface area contributed by atoms with Crippen molar-refractivity contribution < 1.29 is 19.2 Å². The van der Waals surface area contributed by atoms with E-state index in [9.17, 15) is 19.2 Å². The third kappa shape index (κ3) is 2.26. The number of primary amides is 1. The summed E-state index contributed by atoms with van der Waals surface area (Å²) in [4.78, 5) is 50.4. The van der Waals surface area contributed by atoms with Gasteiger partial charge in [-0.2, -0.15) is 0 Å². The molecule has 9 heteroatoms. The molecule has 1 aromatic rings. The molecule has 0 bridgehead atoms. The van der Waals surface area contributed by atoms with Crippen molar-refractivity contribution in [2.24, 2.45) is 5.73 Å². The average Bonchev–Trinajstić information content (AvgIpc) is 2.93. The quantitative estimate of drug-likeness (QED) is 0.554. The first-order chi connectivity index (χ1) is 11.3. The number of thiocarbonyl (C=S) groups is 1. The molecule has 1 aromatic carbocycles. The second-order valence-corrected chi connectivity index (χ2v) is 5.60. The van der Waals surface area contributed by atoms with Gasteiger partial charge in [0.25, 0.3) is 11.8 Å². The molecule has 4 amide bonds. The molecule has 0 aromatic heterocycles. The largest absolute Gasteiger partial charge is 0.368 e. The number of rotatable bonds is 2. The van der Waals surface area contributed by atoms with Crippen molar-refractivity contribution in [3.05, 3.63) is 35.5 Å². The van der Waals surface area contributed by atoms with Gasteiger partial charge in [-0.25, -0.2) is 0 Å². The Labute approximate surface area is 141 Å². The van der Waals surface area contributed by atoms with Crippen molar-refractivity contribution in [2.75, 3.05) is 11.4 Å². The van der Waals surface area contributed by atoms with Gasteiger partial charge in [0.05, 0.1) is 11.3 Å². The molecule has 0 unspecified atom stereocenters. The molecule has 0 atom stereocenters. The van der Waals surface area contributed by atoms with Crippen molar-refractivity contribution in [1.82, 2.24) is 10.2 Å². The molecule has 122 valence electrons. The van der Waals surface area contributed by atoms with E-state index in [0.29, 0.717) is 11.3 Å². The molecule has 8 nitrogen and oxygen atoms in total. The van der Waals surface area contributed by atoms with Crippen molar-refractivity contribution in [1.29, 1.82) is 0 Å². The highest BCUT2D eigenvalue weighted by atomic mass is 32.1. The first-order valence-corrected chi connectivity index (χ1v) is 7.33. The number of carbonyl (C=O) groups excluding carboxylic acids is 4. The Morgan fingerprint density at radius 3 is 2.54 bits per heavy atom. The predicted octanol–water partition coefficient (Wildman–Crippen LogP) is -0.507. The topological polar surface area (TPSA) is 113 Å². The number of anilines is 1. The van der Waals surface area contributed by atoms with Gasteiger partial charge >= 0.3 is 0 Å². The summed E-state index contributed by atoms with van der Waals surface area (Å²) in [6.07, 6.45) is 0. The van der Waals surface area contributed by atoms with E-state index in [1.165, 1.54) is 11.8 Å². The first kappa shape index (κ1) is 15.8. The Bertz CT molecular complexity index is 861. The second kappa shape index (κ2) is 5.53. The number of nitrogens with zero attached hydrogens (tertiary/aromatic N) is 2. The highest BCUT2D eigenvalue weighted by molar-refractivity contribution is 7.80.